The lowest BCUT2D eigenvalue weighted by Gasteiger charge is -2.17. The molecule has 1 aromatic rings. The first-order valence-electron chi connectivity index (χ1n) is 6.51. The zero-order chi connectivity index (χ0) is 11.5. The molecule has 1 heterocycles. The van der Waals surface area contributed by atoms with E-state index in [-0.39, 0.29) is 0 Å². The Morgan fingerprint density at radius 1 is 1.44 bits per heavy atom. The summed E-state index contributed by atoms with van der Waals surface area (Å²) in [7, 11) is 2.16. The molecule has 0 saturated carbocycles. The zero-order valence-electron chi connectivity index (χ0n) is 10.5. The first kappa shape index (κ1) is 11.6. The molecule has 3 nitrogen and oxygen atoms in total. The predicted octanol–water partition coefficient (Wildman–Crippen LogP) is 1.97. The third-order valence-corrected chi connectivity index (χ3v) is 3.60. The number of unbranched alkanes of at least 4 members (excludes halogenated alkanes) is 2. The standard InChI is InChI=1S/C13H23N3/c1-3-4-5-6-13-15-11-9-10(14)7-8-12(11)16(13)2/h10H,3-9,14H2,1-2H3. The molecule has 0 fully saturated rings. The highest BCUT2D eigenvalue weighted by Gasteiger charge is 2.21. The highest BCUT2D eigenvalue weighted by Crippen LogP contribution is 2.21. The van der Waals surface area contributed by atoms with Crippen molar-refractivity contribution in [1.82, 2.24) is 9.55 Å². The Labute approximate surface area is 98.1 Å². The molecule has 0 aliphatic heterocycles. The van der Waals surface area contributed by atoms with Gasteiger partial charge in [-0.3, -0.25) is 0 Å². The Morgan fingerprint density at radius 3 is 3.00 bits per heavy atom. The van der Waals surface area contributed by atoms with E-state index < -0.39 is 0 Å². The normalized spacial score (nSPS) is 19.8. The molecular weight excluding hydrogens is 198 g/mol. The second kappa shape index (κ2) is 5.00. The van der Waals surface area contributed by atoms with Crippen LogP contribution in [0.25, 0.3) is 0 Å². The molecule has 1 aromatic heterocycles. The van der Waals surface area contributed by atoms with Crippen molar-refractivity contribution in [3.8, 4) is 0 Å². The van der Waals surface area contributed by atoms with Gasteiger partial charge in [-0.25, -0.2) is 4.98 Å². The fourth-order valence-corrected chi connectivity index (χ4v) is 2.55. The summed E-state index contributed by atoms with van der Waals surface area (Å²) in [4.78, 5) is 4.76. The Morgan fingerprint density at radius 2 is 2.25 bits per heavy atom. The number of nitrogens with two attached hydrogens (primary N) is 1. The topological polar surface area (TPSA) is 43.8 Å². The smallest absolute Gasteiger partial charge is 0.108 e. The van der Waals surface area contributed by atoms with E-state index >= 15 is 0 Å². The highest BCUT2D eigenvalue weighted by atomic mass is 15.1. The van der Waals surface area contributed by atoms with Gasteiger partial charge in [-0.1, -0.05) is 19.8 Å². The largest absolute Gasteiger partial charge is 0.335 e. The van der Waals surface area contributed by atoms with Crippen LogP contribution in [-0.2, 0) is 26.3 Å². The van der Waals surface area contributed by atoms with Gasteiger partial charge in [0, 0.05) is 31.6 Å². The number of imidazole rings is 1. The number of aromatic nitrogens is 2. The monoisotopic (exact) mass is 221 g/mol. The summed E-state index contributed by atoms with van der Waals surface area (Å²) in [5, 5.41) is 0. The van der Waals surface area contributed by atoms with E-state index in [2.05, 4.69) is 18.5 Å². The minimum atomic E-state index is 0.325. The maximum absolute atomic E-state index is 5.98. The lowest BCUT2D eigenvalue weighted by molar-refractivity contribution is 0.553. The highest BCUT2D eigenvalue weighted by molar-refractivity contribution is 5.21. The summed E-state index contributed by atoms with van der Waals surface area (Å²) < 4.78 is 2.30. The summed E-state index contributed by atoms with van der Waals surface area (Å²) >= 11 is 0. The van der Waals surface area contributed by atoms with E-state index in [9.17, 15) is 0 Å². The molecular formula is C13H23N3. The van der Waals surface area contributed by atoms with Crippen molar-refractivity contribution in [3.63, 3.8) is 0 Å². The molecule has 1 aliphatic rings. The van der Waals surface area contributed by atoms with Crippen LogP contribution in [0.1, 0.15) is 49.8 Å². The van der Waals surface area contributed by atoms with Gasteiger partial charge in [0.25, 0.3) is 0 Å². The van der Waals surface area contributed by atoms with Crippen LogP contribution in [-0.4, -0.2) is 15.6 Å². The van der Waals surface area contributed by atoms with Crippen LogP contribution in [0.2, 0.25) is 0 Å². The fourth-order valence-electron chi connectivity index (χ4n) is 2.55. The Balaban J connectivity index is 2.09. The van der Waals surface area contributed by atoms with Crippen molar-refractivity contribution in [3.05, 3.63) is 17.2 Å². The SMILES string of the molecule is CCCCCc1nc2c(n1C)CCC(N)C2. The van der Waals surface area contributed by atoms with E-state index in [1.807, 2.05) is 0 Å². The summed E-state index contributed by atoms with van der Waals surface area (Å²) in [5.41, 5.74) is 8.66. The minimum Gasteiger partial charge on any atom is -0.335 e. The Kier molecular flexibility index (Phi) is 3.64. The quantitative estimate of drug-likeness (QED) is 0.790. The molecule has 2 N–H and O–H groups in total. The molecule has 1 atom stereocenters. The maximum Gasteiger partial charge on any atom is 0.108 e. The third-order valence-electron chi connectivity index (χ3n) is 3.60. The average Bonchev–Trinajstić information content (AvgIpc) is 2.56. The molecule has 0 spiro atoms. The summed E-state index contributed by atoms with van der Waals surface area (Å²) in [5.74, 6) is 1.26. The van der Waals surface area contributed by atoms with Crippen molar-refractivity contribution >= 4 is 0 Å². The first-order valence-corrected chi connectivity index (χ1v) is 6.51. The number of hydrogen-bond acceptors (Lipinski definition) is 2. The lowest BCUT2D eigenvalue weighted by atomic mass is 9.97. The van der Waals surface area contributed by atoms with Crippen molar-refractivity contribution in [2.75, 3.05) is 0 Å². The van der Waals surface area contributed by atoms with Gasteiger partial charge in [0.15, 0.2) is 0 Å². The van der Waals surface area contributed by atoms with E-state index in [0.29, 0.717) is 6.04 Å². The fraction of sp³-hybridized carbons (Fsp3) is 0.769. The molecule has 0 amide bonds. The molecule has 1 unspecified atom stereocenters. The molecule has 0 aromatic carbocycles. The third kappa shape index (κ3) is 2.29. The number of fused-ring (bicyclic) bond motifs is 1. The molecule has 16 heavy (non-hydrogen) atoms. The van der Waals surface area contributed by atoms with Gasteiger partial charge in [0.2, 0.25) is 0 Å². The summed E-state index contributed by atoms with van der Waals surface area (Å²) in [6, 6.07) is 0.325. The van der Waals surface area contributed by atoms with Crippen LogP contribution in [0.5, 0.6) is 0 Å². The van der Waals surface area contributed by atoms with Gasteiger partial charge in [-0.05, 0) is 19.3 Å². The minimum absolute atomic E-state index is 0.325. The number of nitrogens with zero attached hydrogens (tertiary/aromatic N) is 2. The second-order valence-corrected chi connectivity index (χ2v) is 4.94. The van der Waals surface area contributed by atoms with Crippen LogP contribution in [0.4, 0.5) is 0 Å². The zero-order valence-corrected chi connectivity index (χ0v) is 10.5. The van der Waals surface area contributed by atoms with Crippen molar-refractivity contribution in [2.45, 2.75) is 57.9 Å². The molecule has 2 rings (SSSR count). The van der Waals surface area contributed by atoms with Crippen molar-refractivity contribution in [1.29, 1.82) is 0 Å². The van der Waals surface area contributed by atoms with E-state index in [4.69, 9.17) is 10.7 Å². The average molecular weight is 221 g/mol. The van der Waals surface area contributed by atoms with Gasteiger partial charge in [0.1, 0.15) is 5.82 Å². The Bertz CT molecular complexity index is 354. The van der Waals surface area contributed by atoms with E-state index in [1.54, 1.807) is 0 Å². The van der Waals surface area contributed by atoms with E-state index in [0.717, 1.165) is 25.7 Å². The predicted molar refractivity (Wildman–Crippen MR) is 66.4 cm³/mol. The van der Waals surface area contributed by atoms with Crippen molar-refractivity contribution in [2.24, 2.45) is 12.8 Å². The van der Waals surface area contributed by atoms with Crippen LogP contribution < -0.4 is 5.73 Å². The number of hydrogen-bond donors (Lipinski definition) is 1. The van der Waals surface area contributed by atoms with Crippen LogP contribution >= 0.6 is 0 Å². The molecule has 0 radical (unpaired) electrons. The van der Waals surface area contributed by atoms with Crippen LogP contribution in [0.15, 0.2) is 0 Å². The summed E-state index contributed by atoms with van der Waals surface area (Å²) in [6.45, 7) is 2.24. The second-order valence-electron chi connectivity index (χ2n) is 4.94. The molecule has 90 valence electrons. The van der Waals surface area contributed by atoms with Gasteiger partial charge in [-0.2, -0.15) is 0 Å². The molecule has 0 saturated heterocycles. The molecule has 0 bridgehead atoms. The first-order chi connectivity index (χ1) is 7.72. The van der Waals surface area contributed by atoms with Crippen molar-refractivity contribution < 1.29 is 0 Å². The van der Waals surface area contributed by atoms with Gasteiger partial charge in [0.05, 0.1) is 5.69 Å². The molecule has 3 heteroatoms. The van der Waals surface area contributed by atoms with E-state index in [1.165, 1.54) is 36.5 Å². The number of rotatable bonds is 4. The van der Waals surface area contributed by atoms with Gasteiger partial charge >= 0.3 is 0 Å². The molecule has 1 aliphatic carbocycles. The van der Waals surface area contributed by atoms with Gasteiger partial charge in [-0.15, -0.1) is 0 Å². The van der Waals surface area contributed by atoms with Crippen LogP contribution in [0.3, 0.4) is 0 Å². The van der Waals surface area contributed by atoms with Crippen LogP contribution in [0, 0.1) is 0 Å². The Hall–Kier alpha value is -0.830. The maximum atomic E-state index is 5.98. The number of aryl methyl sites for hydroxylation is 1. The lowest BCUT2D eigenvalue weighted by Crippen LogP contribution is -2.28. The summed E-state index contributed by atoms with van der Waals surface area (Å²) in [6.07, 6.45) is 8.14. The van der Waals surface area contributed by atoms with Gasteiger partial charge < -0.3 is 10.3 Å².